The van der Waals surface area contributed by atoms with Crippen LogP contribution in [0.2, 0.25) is 0 Å². The predicted octanol–water partition coefficient (Wildman–Crippen LogP) is 2.48. The summed E-state index contributed by atoms with van der Waals surface area (Å²) in [4.78, 5) is 25.0. The molecule has 3 aromatic rings. The molecule has 0 bridgehead atoms. The van der Waals surface area contributed by atoms with Crippen LogP contribution in [0.1, 0.15) is 5.56 Å². The first-order valence-electron chi connectivity index (χ1n) is 7.08. The Balaban J connectivity index is 1.81. The summed E-state index contributed by atoms with van der Waals surface area (Å²) in [5, 5.41) is 17.8. The van der Waals surface area contributed by atoms with E-state index < -0.39 is 5.91 Å². The van der Waals surface area contributed by atoms with E-state index in [0.717, 1.165) is 9.56 Å². The molecule has 1 amide bonds. The molecule has 2 aromatic heterocycles. The van der Waals surface area contributed by atoms with Crippen LogP contribution in [-0.4, -0.2) is 15.7 Å². The van der Waals surface area contributed by atoms with Crippen LogP contribution < -0.4 is 10.9 Å². The quantitative estimate of drug-likeness (QED) is 0.793. The molecule has 0 atom stereocenters. The maximum absolute atomic E-state index is 12.2. The maximum Gasteiger partial charge on any atom is 0.267 e. The fourth-order valence-electron chi connectivity index (χ4n) is 2.13. The minimum absolute atomic E-state index is 0.224. The van der Waals surface area contributed by atoms with Gasteiger partial charge in [0.25, 0.3) is 5.56 Å². The summed E-state index contributed by atoms with van der Waals surface area (Å²) in [7, 11) is 0. The van der Waals surface area contributed by atoms with Gasteiger partial charge in [-0.15, -0.1) is 11.3 Å². The number of nitrogens with zero attached hydrogens (tertiary/aromatic N) is 3. The number of hydrogen-bond acceptors (Lipinski definition) is 5. The van der Waals surface area contributed by atoms with Gasteiger partial charge in [-0.05, 0) is 29.6 Å². The van der Waals surface area contributed by atoms with E-state index in [-0.39, 0.29) is 12.1 Å². The third-order valence-electron chi connectivity index (χ3n) is 3.26. The molecule has 7 heteroatoms. The van der Waals surface area contributed by atoms with E-state index in [4.69, 9.17) is 5.26 Å². The lowest BCUT2D eigenvalue weighted by Crippen LogP contribution is -2.29. The SMILES string of the molecule is N#Cc1ccccc1NC(=O)Cn1nc(-c2cccs2)ccc1=O. The minimum Gasteiger partial charge on any atom is -0.323 e. The molecule has 0 aliphatic rings. The first-order chi connectivity index (χ1) is 11.7. The van der Waals surface area contributed by atoms with E-state index >= 15 is 0 Å². The van der Waals surface area contributed by atoms with Gasteiger partial charge in [0.05, 0.1) is 16.1 Å². The highest BCUT2D eigenvalue weighted by Gasteiger charge is 2.10. The van der Waals surface area contributed by atoms with Gasteiger partial charge in [0, 0.05) is 6.07 Å². The number of amides is 1. The third kappa shape index (κ3) is 3.39. The Kier molecular flexibility index (Phi) is 4.50. The van der Waals surface area contributed by atoms with Crippen LogP contribution in [0.5, 0.6) is 0 Å². The zero-order valence-corrected chi connectivity index (χ0v) is 13.3. The van der Waals surface area contributed by atoms with E-state index in [2.05, 4.69) is 10.4 Å². The van der Waals surface area contributed by atoms with Crippen molar-refractivity contribution in [2.45, 2.75) is 6.54 Å². The molecular formula is C17H12N4O2S. The third-order valence-corrected chi connectivity index (χ3v) is 4.15. The van der Waals surface area contributed by atoms with Gasteiger partial charge >= 0.3 is 0 Å². The van der Waals surface area contributed by atoms with Crippen molar-refractivity contribution >= 4 is 22.9 Å². The van der Waals surface area contributed by atoms with Gasteiger partial charge in [0.2, 0.25) is 5.91 Å². The topological polar surface area (TPSA) is 87.8 Å². The van der Waals surface area contributed by atoms with Gasteiger partial charge in [-0.2, -0.15) is 10.4 Å². The molecule has 2 heterocycles. The Hall–Kier alpha value is -3.24. The second kappa shape index (κ2) is 6.89. The van der Waals surface area contributed by atoms with Crippen LogP contribution in [0.25, 0.3) is 10.6 Å². The zero-order valence-electron chi connectivity index (χ0n) is 12.5. The lowest BCUT2D eigenvalue weighted by molar-refractivity contribution is -0.117. The fraction of sp³-hybridized carbons (Fsp3) is 0.0588. The van der Waals surface area contributed by atoms with Crippen molar-refractivity contribution in [3.63, 3.8) is 0 Å². The molecule has 0 saturated carbocycles. The number of aromatic nitrogens is 2. The molecule has 0 aliphatic heterocycles. The summed E-state index contributed by atoms with van der Waals surface area (Å²) >= 11 is 1.50. The Morgan fingerprint density at radius 1 is 1.21 bits per heavy atom. The van der Waals surface area contributed by atoms with Crippen molar-refractivity contribution in [2.24, 2.45) is 0 Å². The lowest BCUT2D eigenvalue weighted by atomic mass is 10.2. The van der Waals surface area contributed by atoms with Crippen molar-refractivity contribution < 1.29 is 4.79 Å². The molecule has 6 nitrogen and oxygen atoms in total. The van der Waals surface area contributed by atoms with Crippen molar-refractivity contribution in [3.8, 4) is 16.6 Å². The monoisotopic (exact) mass is 336 g/mol. The second-order valence-corrected chi connectivity index (χ2v) is 5.85. The first-order valence-corrected chi connectivity index (χ1v) is 7.96. The van der Waals surface area contributed by atoms with Crippen LogP contribution >= 0.6 is 11.3 Å². The van der Waals surface area contributed by atoms with E-state index in [1.165, 1.54) is 17.4 Å². The van der Waals surface area contributed by atoms with Gasteiger partial charge in [0.15, 0.2) is 0 Å². The summed E-state index contributed by atoms with van der Waals surface area (Å²) in [5.41, 5.74) is 1.04. The average Bonchev–Trinajstić information content (AvgIpc) is 3.12. The van der Waals surface area contributed by atoms with Crippen molar-refractivity contribution in [1.82, 2.24) is 9.78 Å². The predicted molar refractivity (Wildman–Crippen MR) is 91.6 cm³/mol. The average molecular weight is 336 g/mol. The molecule has 0 fully saturated rings. The molecule has 0 saturated heterocycles. The van der Waals surface area contributed by atoms with Gasteiger partial charge in [0.1, 0.15) is 18.3 Å². The molecule has 24 heavy (non-hydrogen) atoms. The van der Waals surface area contributed by atoms with Crippen LogP contribution in [0, 0.1) is 11.3 Å². The normalized spacial score (nSPS) is 10.1. The number of benzene rings is 1. The minimum atomic E-state index is -0.421. The summed E-state index contributed by atoms with van der Waals surface area (Å²) in [6.45, 7) is -0.224. The Labute approximate surface area is 141 Å². The molecule has 3 rings (SSSR count). The largest absolute Gasteiger partial charge is 0.323 e. The zero-order chi connectivity index (χ0) is 16.9. The van der Waals surface area contributed by atoms with Crippen LogP contribution in [0.3, 0.4) is 0 Å². The Morgan fingerprint density at radius 3 is 2.79 bits per heavy atom. The van der Waals surface area contributed by atoms with Crippen LogP contribution in [0.4, 0.5) is 5.69 Å². The second-order valence-electron chi connectivity index (χ2n) is 4.90. The standard InChI is InChI=1S/C17H12N4O2S/c18-10-12-4-1-2-5-13(12)19-16(22)11-21-17(23)8-7-14(20-21)15-6-3-9-24-15/h1-9H,11H2,(H,19,22). The number of hydrogen-bond donors (Lipinski definition) is 1. The summed E-state index contributed by atoms with van der Waals surface area (Å²) in [6, 6.07) is 15.5. The summed E-state index contributed by atoms with van der Waals surface area (Å²) < 4.78 is 1.11. The molecular weight excluding hydrogens is 324 g/mol. The van der Waals surface area contributed by atoms with Gasteiger partial charge in [-0.3, -0.25) is 9.59 Å². The van der Waals surface area contributed by atoms with Gasteiger partial charge in [-0.25, -0.2) is 4.68 Å². The smallest absolute Gasteiger partial charge is 0.267 e. The molecule has 1 N–H and O–H groups in total. The summed E-state index contributed by atoms with van der Waals surface area (Å²) in [5.74, 6) is -0.421. The molecule has 0 unspecified atom stereocenters. The number of para-hydroxylation sites is 1. The number of rotatable bonds is 4. The van der Waals surface area contributed by atoms with E-state index in [0.29, 0.717) is 16.9 Å². The number of nitrogens with one attached hydrogen (secondary N) is 1. The number of anilines is 1. The molecule has 0 spiro atoms. The maximum atomic E-state index is 12.2. The van der Waals surface area contributed by atoms with Crippen molar-refractivity contribution in [1.29, 1.82) is 5.26 Å². The van der Waals surface area contributed by atoms with Gasteiger partial charge < -0.3 is 5.32 Å². The first kappa shape index (κ1) is 15.6. The van der Waals surface area contributed by atoms with E-state index in [9.17, 15) is 9.59 Å². The van der Waals surface area contributed by atoms with E-state index in [1.807, 2.05) is 23.6 Å². The Bertz CT molecular complexity index is 971. The van der Waals surface area contributed by atoms with Gasteiger partial charge in [-0.1, -0.05) is 18.2 Å². The highest BCUT2D eigenvalue weighted by Crippen LogP contribution is 2.21. The number of nitriles is 1. The highest BCUT2D eigenvalue weighted by molar-refractivity contribution is 7.13. The number of carbonyl (C=O) groups excluding carboxylic acids is 1. The number of thiophene rings is 1. The molecule has 1 aromatic carbocycles. The molecule has 0 radical (unpaired) electrons. The highest BCUT2D eigenvalue weighted by atomic mass is 32.1. The summed E-state index contributed by atoms with van der Waals surface area (Å²) in [6.07, 6.45) is 0. The number of carbonyl (C=O) groups is 1. The van der Waals surface area contributed by atoms with Crippen LogP contribution in [-0.2, 0) is 11.3 Å². The lowest BCUT2D eigenvalue weighted by Gasteiger charge is -2.08. The Morgan fingerprint density at radius 2 is 2.04 bits per heavy atom. The van der Waals surface area contributed by atoms with Crippen LogP contribution in [0.15, 0.2) is 58.7 Å². The van der Waals surface area contributed by atoms with Crippen molar-refractivity contribution in [2.75, 3.05) is 5.32 Å². The van der Waals surface area contributed by atoms with Crippen molar-refractivity contribution in [3.05, 3.63) is 69.8 Å². The molecule has 0 aliphatic carbocycles. The fourth-order valence-corrected chi connectivity index (χ4v) is 2.82. The van der Waals surface area contributed by atoms with E-state index in [1.54, 1.807) is 30.3 Å². The molecule has 118 valence electrons.